The van der Waals surface area contributed by atoms with Crippen LogP contribution in [0.2, 0.25) is 0 Å². The van der Waals surface area contributed by atoms with E-state index in [0.29, 0.717) is 12.4 Å². The lowest BCUT2D eigenvalue weighted by Gasteiger charge is -2.17. The second-order valence-corrected chi connectivity index (χ2v) is 5.97. The number of anilines is 3. The molecule has 0 saturated carbocycles. The Morgan fingerprint density at radius 2 is 1.96 bits per heavy atom. The summed E-state index contributed by atoms with van der Waals surface area (Å²) in [6.07, 6.45) is 1.60. The van der Waals surface area contributed by atoms with Gasteiger partial charge in [0.15, 0.2) is 17.1 Å². The van der Waals surface area contributed by atoms with E-state index in [0.717, 1.165) is 10.6 Å². The van der Waals surface area contributed by atoms with Crippen LogP contribution in [0.15, 0.2) is 35.3 Å². The van der Waals surface area contributed by atoms with Crippen molar-refractivity contribution in [3.8, 4) is 0 Å². The van der Waals surface area contributed by atoms with Crippen LogP contribution in [-0.2, 0) is 7.05 Å². The molecule has 0 aliphatic rings. The van der Waals surface area contributed by atoms with Crippen LogP contribution in [0.1, 0.15) is 10.5 Å². The molecule has 0 aliphatic carbocycles. The first-order valence-electron chi connectivity index (χ1n) is 8.25. The average molecular weight is 389 g/mol. The van der Waals surface area contributed by atoms with Crippen LogP contribution < -0.4 is 21.8 Å². The van der Waals surface area contributed by atoms with Gasteiger partial charge in [-0.25, -0.2) is 18.6 Å². The van der Waals surface area contributed by atoms with Crippen molar-refractivity contribution < 1.29 is 18.7 Å². The number of aromatic nitrogens is 2. The summed E-state index contributed by atoms with van der Waals surface area (Å²) in [4.78, 5) is 27.5. The number of carbonyl (C=O) groups is 1. The lowest BCUT2D eigenvalue weighted by atomic mass is 10.1. The van der Waals surface area contributed by atoms with Gasteiger partial charge in [-0.2, -0.15) is 0 Å². The number of halogens is 2. The minimum absolute atomic E-state index is 0.113. The van der Waals surface area contributed by atoms with Crippen molar-refractivity contribution in [3.63, 3.8) is 0 Å². The molecule has 0 bridgehead atoms. The maximum Gasteiger partial charge on any atom is 0.352 e. The number of carboxylic acid groups (broad SMARTS) is 1. The Hall–Kier alpha value is -3.69. The third-order valence-corrected chi connectivity index (χ3v) is 4.22. The second kappa shape index (κ2) is 7.51. The molecule has 0 aliphatic heterocycles. The zero-order valence-electron chi connectivity index (χ0n) is 14.8. The quantitative estimate of drug-likeness (QED) is 0.376. The average Bonchev–Trinajstić information content (AvgIpc) is 2.67. The van der Waals surface area contributed by atoms with E-state index in [-0.39, 0.29) is 12.1 Å². The molecule has 0 unspecified atom stereocenters. The van der Waals surface area contributed by atoms with Gasteiger partial charge >= 0.3 is 5.97 Å². The molecule has 0 atom stereocenters. The van der Waals surface area contributed by atoms with E-state index >= 15 is 4.39 Å². The maximum absolute atomic E-state index is 15.0. The predicted octanol–water partition coefficient (Wildman–Crippen LogP) is 2.02. The first-order chi connectivity index (χ1) is 13.3. The fourth-order valence-corrected chi connectivity index (χ4v) is 2.88. The van der Waals surface area contributed by atoms with E-state index < -0.39 is 45.5 Å². The van der Waals surface area contributed by atoms with Crippen LogP contribution in [0.3, 0.4) is 0 Å². The summed E-state index contributed by atoms with van der Waals surface area (Å²) in [5.74, 6) is -3.03. The summed E-state index contributed by atoms with van der Waals surface area (Å²) in [6, 6.07) is 6.05. The summed E-state index contributed by atoms with van der Waals surface area (Å²) >= 11 is 0. The molecule has 2 heterocycles. The van der Waals surface area contributed by atoms with Crippen molar-refractivity contribution in [3.05, 3.63) is 58.0 Å². The first-order valence-corrected chi connectivity index (χ1v) is 8.25. The van der Waals surface area contributed by atoms with Crippen LogP contribution in [0.5, 0.6) is 0 Å². The van der Waals surface area contributed by atoms with E-state index in [1.165, 1.54) is 7.05 Å². The van der Waals surface area contributed by atoms with Gasteiger partial charge in [0.1, 0.15) is 17.2 Å². The first kappa shape index (κ1) is 19.1. The Morgan fingerprint density at radius 3 is 2.61 bits per heavy atom. The number of hydrogen-bond donors (Lipinski definition) is 4. The minimum atomic E-state index is -1.42. The molecular weight excluding hydrogens is 372 g/mol. The van der Waals surface area contributed by atoms with Crippen molar-refractivity contribution in [1.29, 1.82) is 0 Å². The van der Waals surface area contributed by atoms with Crippen molar-refractivity contribution >= 4 is 34.1 Å². The smallest absolute Gasteiger partial charge is 0.352 e. The Bertz CT molecular complexity index is 1120. The molecule has 8 nitrogen and oxygen atoms in total. The van der Waals surface area contributed by atoms with Crippen molar-refractivity contribution in [2.75, 3.05) is 29.5 Å². The molecular formula is C18H17F2N5O3. The number of nitrogens with zero attached hydrogens (tertiary/aromatic N) is 2. The number of nitrogens with two attached hydrogens (primary N) is 1. The molecule has 10 heteroatoms. The highest BCUT2D eigenvalue weighted by Gasteiger charge is 2.24. The van der Waals surface area contributed by atoms with E-state index in [1.807, 2.05) is 0 Å². The van der Waals surface area contributed by atoms with Gasteiger partial charge in [0, 0.05) is 32.4 Å². The number of rotatable bonds is 6. The van der Waals surface area contributed by atoms with E-state index in [2.05, 4.69) is 15.6 Å². The van der Waals surface area contributed by atoms with Crippen LogP contribution in [0.25, 0.3) is 10.9 Å². The Balaban J connectivity index is 1.97. The number of aromatic carboxylic acids is 1. The molecule has 1 aromatic carbocycles. The van der Waals surface area contributed by atoms with Crippen LogP contribution in [0, 0.1) is 11.6 Å². The molecule has 2 aromatic heterocycles. The summed E-state index contributed by atoms with van der Waals surface area (Å²) in [7, 11) is 1.26. The van der Waals surface area contributed by atoms with Gasteiger partial charge < -0.3 is 26.0 Å². The number of nitrogens with one attached hydrogen (secondary N) is 2. The number of hydrogen-bond acceptors (Lipinski definition) is 6. The van der Waals surface area contributed by atoms with Gasteiger partial charge in [0.2, 0.25) is 0 Å². The molecule has 0 fully saturated rings. The van der Waals surface area contributed by atoms with Crippen molar-refractivity contribution in [1.82, 2.24) is 9.55 Å². The third-order valence-electron chi connectivity index (χ3n) is 4.22. The van der Waals surface area contributed by atoms with Gasteiger partial charge in [-0.3, -0.25) is 4.79 Å². The normalized spacial score (nSPS) is 10.8. The molecule has 0 radical (unpaired) electrons. The van der Waals surface area contributed by atoms with E-state index in [9.17, 15) is 19.1 Å². The highest BCUT2D eigenvalue weighted by molar-refractivity contribution is 5.98. The molecule has 146 valence electrons. The van der Waals surface area contributed by atoms with Gasteiger partial charge in [-0.05, 0) is 12.1 Å². The Kier molecular flexibility index (Phi) is 5.12. The highest BCUT2D eigenvalue weighted by atomic mass is 19.1. The standard InChI is InChI=1S/C18H17F2N5O3/c1-25-9(18(27)28)8-10(26)12-15(21)13(19)16(14(20)17(12)25)24-7-6-23-11-4-2-3-5-22-11/h2-5,8,24H,6-7,21H2,1H3,(H,22,23)(H,27,28). The lowest BCUT2D eigenvalue weighted by molar-refractivity contribution is 0.0686. The van der Waals surface area contributed by atoms with E-state index in [4.69, 9.17) is 5.73 Å². The topological polar surface area (TPSA) is 122 Å². The highest BCUT2D eigenvalue weighted by Crippen LogP contribution is 2.32. The Morgan fingerprint density at radius 1 is 1.25 bits per heavy atom. The summed E-state index contributed by atoms with van der Waals surface area (Å²) < 4.78 is 30.5. The molecule has 0 amide bonds. The number of pyridine rings is 2. The summed E-state index contributed by atoms with van der Waals surface area (Å²) in [6.45, 7) is 0.407. The van der Waals surface area contributed by atoms with Gasteiger partial charge in [-0.1, -0.05) is 6.07 Å². The molecule has 0 saturated heterocycles. The van der Waals surface area contributed by atoms with Gasteiger partial charge in [0.05, 0.1) is 16.6 Å². The zero-order chi connectivity index (χ0) is 20.4. The van der Waals surface area contributed by atoms with E-state index in [1.54, 1.807) is 24.4 Å². The van der Waals surface area contributed by atoms with Gasteiger partial charge in [-0.15, -0.1) is 0 Å². The SMILES string of the molecule is Cn1c(C(=O)O)cc(=O)c2c(N)c(F)c(NCCNc3ccccn3)c(F)c21. The van der Waals surface area contributed by atoms with Crippen LogP contribution in [0.4, 0.5) is 26.0 Å². The third kappa shape index (κ3) is 3.31. The fraction of sp³-hybridized carbons (Fsp3) is 0.167. The monoisotopic (exact) mass is 389 g/mol. The fourth-order valence-electron chi connectivity index (χ4n) is 2.88. The second-order valence-electron chi connectivity index (χ2n) is 5.97. The Labute approximate surface area is 157 Å². The number of benzene rings is 1. The maximum atomic E-state index is 15.0. The van der Waals surface area contributed by atoms with Crippen LogP contribution in [-0.4, -0.2) is 33.7 Å². The minimum Gasteiger partial charge on any atom is -0.477 e. The number of nitrogen functional groups attached to an aromatic ring is 1. The molecule has 3 aromatic rings. The zero-order valence-corrected chi connectivity index (χ0v) is 14.8. The lowest BCUT2D eigenvalue weighted by Crippen LogP contribution is -2.21. The largest absolute Gasteiger partial charge is 0.477 e. The predicted molar refractivity (Wildman–Crippen MR) is 102 cm³/mol. The summed E-state index contributed by atoms with van der Waals surface area (Å²) in [5.41, 5.74) is 2.93. The van der Waals surface area contributed by atoms with Crippen molar-refractivity contribution in [2.45, 2.75) is 0 Å². The molecule has 3 rings (SSSR count). The van der Waals surface area contributed by atoms with Gasteiger partial charge in [0.25, 0.3) is 0 Å². The molecule has 28 heavy (non-hydrogen) atoms. The van der Waals surface area contributed by atoms with Crippen LogP contribution >= 0.6 is 0 Å². The number of fused-ring (bicyclic) bond motifs is 1. The van der Waals surface area contributed by atoms with Crippen molar-refractivity contribution in [2.24, 2.45) is 7.05 Å². The summed E-state index contributed by atoms with van der Waals surface area (Å²) in [5, 5.41) is 14.4. The number of carboxylic acids is 1. The number of aryl methyl sites for hydroxylation is 1. The molecule has 0 spiro atoms. The molecule has 5 N–H and O–H groups in total.